The van der Waals surface area contributed by atoms with Crippen LogP contribution in [0.1, 0.15) is 72.1 Å². The molecule has 0 fully saturated rings. The Balaban J connectivity index is 1.25. The van der Waals surface area contributed by atoms with Crippen molar-refractivity contribution in [2.45, 2.75) is 33.1 Å². The Morgan fingerprint density at radius 3 is 2.41 bits per heavy atom. The van der Waals surface area contributed by atoms with Crippen LogP contribution >= 0.6 is 11.3 Å². The van der Waals surface area contributed by atoms with Crippen LogP contribution in [0.3, 0.4) is 0 Å². The number of primary amides is 1. The van der Waals surface area contributed by atoms with E-state index in [2.05, 4.69) is 17.6 Å². The SMILES string of the molecule is CC(=O)Nc1ccc(N2C(=O)c3ccc(C(=O)OCC(=O)Nc4sc5c(c4C(N)=O)CC[C@H](C)C5)cc3C2=O)cc1. The molecular formula is C29H26N4O7S. The third-order valence-electron chi connectivity index (χ3n) is 6.91. The first-order valence-electron chi connectivity index (χ1n) is 12.8. The van der Waals surface area contributed by atoms with Gasteiger partial charge in [0, 0.05) is 17.5 Å². The van der Waals surface area contributed by atoms with Crippen LogP contribution in [0.25, 0.3) is 0 Å². The van der Waals surface area contributed by atoms with Crippen molar-refractivity contribution >= 4 is 63.2 Å². The minimum absolute atomic E-state index is 0.0149. The lowest BCUT2D eigenvalue weighted by Gasteiger charge is -2.18. The molecule has 2 aliphatic rings. The fraction of sp³-hybridized carbons (Fsp3) is 0.241. The molecule has 5 amide bonds. The van der Waals surface area contributed by atoms with Gasteiger partial charge in [-0.2, -0.15) is 0 Å². The van der Waals surface area contributed by atoms with Crippen molar-refractivity contribution in [1.29, 1.82) is 0 Å². The second-order valence-corrected chi connectivity index (χ2v) is 11.1. The van der Waals surface area contributed by atoms with Crippen LogP contribution in [0.4, 0.5) is 16.4 Å². The van der Waals surface area contributed by atoms with Crippen molar-refractivity contribution in [3.8, 4) is 0 Å². The van der Waals surface area contributed by atoms with E-state index in [4.69, 9.17) is 10.5 Å². The Morgan fingerprint density at radius 1 is 1.02 bits per heavy atom. The zero-order valence-corrected chi connectivity index (χ0v) is 23.1. The third-order valence-corrected chi connectivity index (χ3v) is 8.08. The van der Waals surface area contributed by atoms with E-state index in [-0.39, 0.29) is 22.6 Å². The van der Waals surface area contributed by atoms with E-state index >= 15 is 0 Å². The van der Waals surface area contributed by atoms with Crippen molar-refractivity contribution in [3.63, 3.8) is 0 Å². The number of esters is 1. The molecule has 0 saturated heterocycles. The number of nitrogens with zero attached hydrogens (tertiary/aromatic N) is 1. The highest BCUT2D eigenvalue weighted by atomic mass is 32.1. The number of nitrogens with one attached hydrogen (secondary N) is 2. The maximum atomic E-state index is 13.1. The minimum atomic E-state index is -0.865. The number of ether oxygens (including phenoxy) is 1. The molecule has 0 bridgehead atoms. The lowest BCUT2D eigenvalue weighted by atomic mass is 9.88. The Morgan fingerprint density at radius 2 is 1.73 bits per heavy atom. The van der Waals surface area contributed by atoms with Gasteiger partial charge in [-0.25, -0.2) is 9.69 Å². The summed E-state index contributed by atoms with van der Waals surface area (Å²) < 4.78 is 5.15. The quantitative estimate of drug-likeness (QED) is 0.287. The topological polar surface area (TPSA) is 165 Å². The first-order valence-corrected chi connectivity index (χ1v) is 13.7. The predicted octanol–water partition coefficient (Wildman–Crippen LogP) is 3.53. The number of amides is 5. The van der Waals surface area contributed by atoms with Gasteiger partial charge in [-0.1, -0.05) is 6.92 Å². The van der Waals surface area contributed by atoms with Gasteiger partial charge in [-0.05, 0) is 73.2 Å². The zero-order valence-electron chi connectivity index (χ0n) is 22.2. The van der Waals surface area contributed by atoms with E-state index in [1.54, 1.807) is 12.1 Å². The number of carbonyl (C=O) groups excluding carboxylic acids is 6. The standard InChI is InChI=1S/C29H26N4O7S/c1-14-3-9-20-22(11-14)41-26(24(20)25(30)36)32-23(35)13-40-29(39)16-4-10-19-21(12-16)28(38)33(27(19)37)18-7-5-17(6-8-18)31-15(2)34/h4-8,10,12,14H,3,9,11,13H2,1-2H3,(H2,30,36)(H,31,34)(H,32,35)/t14-/m0/s1. The monoisotopic (exact) mass is 574 g/mol. The summed E-state index contributed by atoms with van der Waals surface area (Å²) in [5.74, 6) is -3.12. The largest absolute Gasteiger partial charge is 0.452 e. The van der Waals surface area contributed by atoms with E-state index < -0.39 is 36.2 Å². The molecule has 1 atom stereocenters. The van der Waals surface area contributed by atoms with Gasteiger partial charge in [-0.15, -0.1) is 11.3 Å². The van der Waals surface area contributed by atoms with Gasteiger partial charge in [0.2, 0.25) is 5.91 Å². The Hall–Kier alpha value is -4.84. The highest BCUT2D eigenvalue weighted by Crippen LogP contribution is 2.39. The molecule has 41 heavy (non-hydrogen) atoms. The van der Waals surface area contributed by atoms with Gasteiger partial charge in [0.25, 0.3) is 23.6 Å². The fourth-order valence-electron chi connectivity index (χ4n) is 4.98. The molecule has 0 unspecified atom stereocenters. The Labute approximate surface area is 238 Å². The number of imide groups is 1. The summed E-state index contributed by atoms with van der Waals surface area (Å²) in [6.07, 6.45) is 2.42. The smallest absolute Gasteiger partial charge is 0.338 e. The number of rotatable bonds is 7. The summed E-state index contributed by atoms with van der Waals surface area (Å²) in [5.41, 5.74) is 7.67. The van der Waals surface area contributed by atoms with Gasteiger partial charge >= 0.3 is 5.97 Å². The molecule has 0 saturated carbocycles. The van der Waals surface area contributed by atoms with Crippen LogP contribution in [0.15, 0.2) is 42.5 Å². The first-order chi connectivity index (χ1) is 19.5. The van der Waals surface area contributed by atoms with E-state index in [1.807, 2.05) is 0 Å². The van der Waals surface area contributed by atoms with E-state index in [1.165, 1.54) is 48.6 Å². The summed E-state index contributed by atoms with van der Waals surface area (Å²) in [6.45, 7) is 2.85. The molecule has 11 nitrogen and oxygen atoms in total. The molecule has 1 aliphatic carbocycles. The lowest BCUT2D eigenvalue weighted by molar-refractivity contribution is -0.119. The average molecular weight is 575 g/mol. The third kappa shape index (κ3) is 5.46. The fourth-order valence-corrected chi connectivity index (χ4v) is 6.41. The molecule has 3 aromatic rings. The van der Waals surface area contributed by atoms with E-state index in [0.29, 0.717) is 34.3 Å². The Kier molecular flexibility index (Phi) is 7.41. The number of nitrogens with two attached hydrogens (primary N) is 1. The molecule has 2 aromatic carbocycles. The summed E-state index contributed by atoms with van der Waals surface area (Å²) >= 11 is 1.30. The number of anilines is 3. The molecule has 4 N–H and O–H groups in total. The molecule has 5 rings (SSSR count). The highest BCUT2D eigenvalue weighted by molar-refractivity contribution is 7.17. The van der Waals surface area contributed by atoms with Crippen molar-refractivity contribution in [2.24, 2.45) is 11.7 Å². The number of hydrogen-bond donors (Lipinski definition) is 3. The molecule has 1 aliphatic heterocycles. The maximum absolute atomic E-state index is 13.1. The molecular weight excluding hydrogens is 548 g/mol. The van der Waals surface area contributed by atoms with Gasteiger partial charge in [-0.3, -0.25) is 24.0 Å². The van der Waals surface area contributed by atoms with Crippen molar-refractivity contribution < 1.29 is 33.5 Å². The lowest BCUT2D eigenvalue weighted by Crippen LogP contribution is -2.29. The van der Waals surface area contributed by atoms with Crippen molar-refractivity contribution in [1.82, 2.24) is 0 Å². The summed E-state index contributed by atoms with van der Waals surface area (Å²) in [5, 5.41) is 5.58. The second-order valence-electron chi connectivity index (χ2n) is 9.98. The number of thiophene rings is 1. The van der Waals surface area contributed by atoms with Crippen molar-refractivity contribution in [3.05, 3.63) is 75.2 Å². The molecule has 2 heterocycles. The molecule has 210 valence electrons. The van der Waals surface area contributed by atoms with E-state index in [0.717, 1.165) is 28.2 Å². The van der Waals surface area contributed by atoms with E-state index in [9.17, 15) is 28.8 Å². The van der Waals surface area contributed by atoms with Gasteiger partial charge in [0.05, 0.1) is 27.9 Å². The number of carbonyl (C=O) groups is 6. The zero-order chi connectivity index (χ0) is 29.4. The maximum Gasteiger partial charge on any atom is 0.338 e. The normalized spacial score (nSPS) is 15.7. The van der Waals surface area contributed by atoms with Gasteiger partial charge in [0.1, 0.15) is 5.00 Å². The number of hydrogen-bond acceptors (Lipinski definition) is 8. The molecule has 12 heteroatoms. The van der Waals surface area contributed by atoms with Crippen LogP contribution < -0.4 is 21.3 Å². The first kappa shape index (κ1) is 27.7. The average Bonchev–Trinajstić information content (AvgIpc) is 3.40. The predicted molar refractivity (Wildman–Crippen MR) is 151 cm³/mol. The number of fused-ring (bicyclic) bond motifs is 2. The minimum Gasteiger partial charge on any atom is -0.452 e. The summed E-state index contributed by atoms with van der Waals surface area (Å²) in [6, 6.07) is 10.1. The van der Waals surface area contributed by atoms with Crippen LogP contribution in [-0.4, -0.2) is 42.1 Å². The molecule has 1 aromatic heterocycles. The summed E-state index contributed by atoms with van der Waals surface area (Å²) in [4.78, 5) is 76.7. The van der Waals surface area contributed by atoms with Crippen LogP contribution in [0.5, 0.6) is 0 Å². The summed E-state index contributed by atoms with van der Waals surface area (Å²) in [7, 11) is 0. The van der Waals surface area contributed by atoms with Crippen molar-refractivity contribution in [2.75, 3.05) is 22.1 Å². The number of benzene rings is 2. The second kappa shape index (κ2) is 11.0. The molecule has 0 spiro atoms. The Bertz CT molecular complexity index is 1630. The highest BCUT2D eigenvalue weighted by Gasteiger charge is 2.37. The van der Waals surface area contributed by atoms with Gasteiger partial charge in [0.15, 0.2) is 6.61 Å². The molecule has 0 radical (unpaired) electrons. The van der Waals surface area contributed by atoms with Crippen LogP contribution in [0.2, 0.25) is 0 Å². The van der Waals surface area contributed by atoms with Gasteiger partial charge < -0.3 is 21.1 Å². The van der Waals surface area contributed by atoms with Crippen LogP contribution in [-0.2, 0) is 27.2 Å². The van der Waals surface area contributed by atoms with Crippen LogP contribution in [0, 0.1) is 5.92 Å².